The number of fused-ring (bicyclic) bond motifs is 1. The van der Waals surface area contributed by atoms with Crippen molar-refractivity contribution >= 4 is 30.1 Å². The van der Waals surface area contributed by atoms with Gasteiger partial charge in [0, 0.05) is 63.1 Å². The SMILES string of the molecule is CC(=O)N1c2ccc(-c3cnn(CCN4CCNCC4)c3)cc2[C@H](NC(=O)OC(C)C)C[C@@H]1C.Cl. The molecule has 3 heterocycles. The van der Waals surface area contributed by atoms with Crippen LogP contribution in [0.2, 0.25) is 0 Å². The lowest BCUT2D eigenvalue weighted by Crippen LogP contribution is -2.45. The number of aromatic nitrogens is 2. The van der Waals surface area contributed by atoms with Gasteiger partial charge < -0.3 is 20.3 Å². The van der Waals surface area contributed by atoms with Crippen LogP contribution in [0, 0.1) is 0 Å². The summed E-state index contributed by atoms with van der Waals surface area (Å²) in [5, 5.41) is 10.9. The molecule has 0 radical (unpaired) electrons. The van der Waals surface area contributed by atoms with E-state index in [1.165, 1.54) is 0 Å². The summed E-state index contributed by atoms with van der Waals surface area (Å²) in [7, 11) is 0. The van der Waals surface area contributed by atoms with Crippen LogP contribution in [0.3, 0.4) is 0 Å². The van der Waals surface area contributed by atoms with Crippen molar-refractivity contribution in [3.63, 3.8) is 0 Å². The van der Waals surface area contributed by atoms with Crippen molar-refractivity contribution in [2.24, 2.45) is 0 Å². The minimum absolute atomic E-state index is 0. The van der Waals surface area contributed by atoms with Crippen LogP contribution in [0.15, 0.2) is 30.6 Å². The molecular formula is C25H37ClN6O3. The van der Waals surface area contributed by atoms with Crippen LogP contribution >= 0.6 is 12.4 Å². The molecule has 10 heteroatoms. The Labute approximate surface area is 213 Å². The number of ether oxygens (including phenoxy) is 1. The Hall–Kier alpha value is -2.62. The van der Waals surface area contributed by atoms with Gasteiger partial charge in [0.25, 0.3) is 0 Å². The molecule has 0 aliphatic carbocycles. The van der Waals surface area contributed by atoms with Crippen LogP contribution in [0.25, 0.3) is 11.1 Å². The minimum Gasteiger partial charge on any atom is -0.447 e. The van der Waals surface area contributed by atoms with E-state index in [9.17, 15) is 9.59 Å². The first kappa shape index (κ1) is 27.0. The summed E-state index contributed by atoms with van der Waals surface area (Å²) in [6.07, 6.45) is 3.91. The second-order valence-corrected chi connectivity index (χ2v) is 9.48. The summed E-state index contributed by atoms with van der Waals surface area (Å²) in [5.74, 6) is -0.00885. The molecule has 2 amide bonds. The van der Waals surface area contributed by atoms with Crippen LogP contribution in [-0.4, -0.2) is 71.6 Å². The third kappa shape index (κ3) is 6.54. The summed E-state index contributed by atoms with van der Waals surface area (Å²) in [4.78, 5) is 29.0. The third-order valence-electron chi connectivity index (χ3n) is 6.48. The molecule has 0 unspecified atom stereocenters. The highest BCUT2D eigenvalue weighted by Crippen LogP contribution is 2.39. The van der Waals surface area contributed by atoms with E-state index in [2.05, 4.69) is 32.9 Å². The standard InChI is InChI=1S/C25H36N6O3.ClH/c1-17(2)34-25(33)28-23-13-18(3)31(19(4)32)24-6-5-20(14-22(23)24)21-15-27-30(16-21)12-11-29-9-7-26-8-10-29;/h5-6,14-18,23,26H,7-13H2,1-4H3,(H,28,33);1H/t18-,23+;/m0./s1. The second-order valence-electron chi connectivity index (χ2n) is 9.48. The summed E-state index contributed by atoms with van der Waals surface area (Å²) < 4.78 is 7.30. The number of alkyl carbamates (subject to hydrolysis) is 1. The van der Waals surface area contributed by atoms with Crippen LogP contribution in [0.4, 0.5) is 10.5 Å². The van der Waals surface area contributed by atoms with Crippen LogP contribution in [-0.2, 0) is 16.1 Å². The van der Waals surface area contributed by atoms with Crippen molar-refractivity contribution in [2.75, 3.05) is 37.6 Å². The number of amides is 2. The summed E-state index contributed by atoms with van der Waals surface area (Å²) in [6.45, 7) is 13.3. The van der Waals surface area contributed by atoms with E-state index in [0.29, 0.717) is 6.42 Å². The number of rotatable bonds is 6. The first-order chi connectivity index (χ1) is 16.3. The fourth-order valence-corrected chi connectivity index (χ4v) is 4.86. The van der Waals surface area contributed by atoms with E-state index in [0.717, 1.165) is 61.6 Å². The maximum absolute atomic E-state index is 12.4. The van der Waals surface area contributed by atoms with Gasteiger partial charge in [-0.15, -0.1) is 12.4 Å². The van der Waals surface area contributed by atoms with E-state index in [4.69, 9.17) is 4.74 Å². The topological polar surface area (TPSA) is 91.7 Å². The molecular weight excluding hydrogens is 468 g/mol. The van der Waals surface area contributed by atoms with E-state index in [1.807, 2.05) is 48.7 Å². The second kappa shape index (κ2) is 11.9. The van der Waals surface area contributed by atoms with Gasteiger partial charge >= 0.3 is 6.09 Å². The average molecular weight is 505 g/mol. The van der Waals surface area contributed by atoms with Crippen molar-refractivity contribution in [3.8, 4) is 11.1 Å². The molecule has 9 nitrogen and oxygen atoms in total. The number of carbonyl (C=O) groups excluding carboxylic acids is 2. The zero-order valence-electron chi connectivity index (χ0n) is 21.0. The van der Waals surface area contributed by atoms with Crippen molar-refractivity contribution in [2.45, 2.75) is 58.8 Å². The van der Waals surface area contributed by atoms with Gasteiger partial charge in [-0.3, -0.25) is 14.4 Å². The monoisotopic (exact) mass is 504 g/mol. The predicted molar refractivity (Wildman–Crippen MR) is 139 cm³/mol. The number of anilines is 1. The van der Waals surface area contributed by atoms with Gasteiger partial charge in [0.05, 0.1) is 24.9 Å². The molecule has 2 N–H and O–H groups in total. The van der Waals surface area contributed by atoms with E-state index in [-0.39, 0.29) is 36.5 Å². The minimum atomic E-state index is -0.444. The molecule has 192 valence electrons. The van der Waals surface area contributed by atoms with Crippen molar-refractivity contribution in [1.29, 1.82) is 0 Å². The number of hydrogen-bond acceptors (Lipinski definition) is 6. The number of hydrogen-bond donors (Lipinski definition) is 2. The Balaban J connectivity index is 0.00000342. The fraction of sp³-hybridized carbons (Fsp3) is 0.560. The Bertz CT molecular complexity index is 1020. The zero-order chi connectivity index (χ0) is 24.2. The third-order valence-corrected chi connectivity index (χ3v) is 6.48. The maximum atomic E-state index is 12.4. The molecule has 1 aromatic heterocycles. The average Bonchev–Trinajstić information content (AvgIpc) is 3.26. The highest BCUT2D eigenvalue weighted by atomic mass is 35.5. The van der Waals surface area contributed by atoms with Gasteiger partial charge in [0.2, 0.25) is 5.91 Å². The van der Waals surface area contributed by atoms with Gasteiger partial charge in [-0.1, -0.05) is 6.07 Å². The number of benzene rings is 1. The van der Waals surface area contributed by atoms with Gasteiger partial charge in [-0.2, -0.15) is 5.10 Å². The van der Waals surface area contributed by atoms with E-state index < -0.39 is 6.09 Å². The molecule has 4 rings (SSSR count). The van der Waals surface area contributed by atoms with Crippen LogP contribution in [0.1, 0.15) is 45.7 Å². The first-order valence-electron chi connectivity index (χ1n) is 12.2. The van der Waals surface area contributed by atoms with Crippen molar-refractivity contribution in [3.05, 3.63) is 36.2 Å². The van der Waals surface area contributed by atoms with E-state index >= 15 is 0 Å². The maximum Gasteiger partial charge on any atom is 0.407 e. The van der Waals surface area contributed by atoms with Gasteiger partial charge in [-0.25, -0.2) is 4.79 Å². The number of piperazine rings is 1. The molecule has 0 saturated carbocycles. The Morgan fingerprint density at radius 1 is 1.20 bits per heavy atom. The van der Waals surface area contributed by atoms with Gasteiger partial charge in [0.15, 0.2) is 0 Å². The quantitative estimate of drug-likeness (QED) is 0.627. The number of carbonyl (C=O) groups is 2. The molecule has 1 aromatic carbocycles. The number of nitrogens with zero attached hydrogens (tertiary/aromatic N) is 4. The molecule has 2 aromatic rings. The van der Waals surface area contributed by atoms with E-state index in [1.54, 1.807) is 6.92 Å². The zero-order valence-corrected chi connectivity index (χ0v) is 21.8. The lowest BCUT2D eigenvalue weighted by Gasteiger charge is -2.39. The normalized spacial score (nSPS) is 20.2. The van der Waals surface area contributed by atoms with Crippen molar-refractivity contribution < 1.29 is 14.3 Å². The Morgan fingerprint density at radius 2 is 1.94 bits per heavy atom. The Morgan fingerprint density at radius 3 is 2.63 bits per heavy atom. The lowest BCUT2D eigenvalue weighted by atomic mass is 9.89. The number of halogens is 1. The van der Waals surface area contributed by atoms with Gasteiger partial charge in [-0.05, 0) is 50.5 Å². The Kier molecular flexibility index (Phi) is 9.15. The molecule has 0 bridgehead atoms. The smallest absolute Gasteiger partial charge is 0.407 e. The molecule has 1 fully saturated rings. The number of nitrogens with one attached hydrogen (secondary N) is 2. The summed E-state index contributed by atoms with van der Waals surface area (Å²) >= 11 is 0. The lowest BCUT2D eigenvalue weighted by molar-refractivity contribution is -0.117. The first-order valence-corrected chi connectivity index (χ1v) is 12.2. The highest BCUT2D eigenvalue weighted by molar-refractivity contribution is 5.94. The van der Waals surface area contributed by atoms with Crippen LogP contribution in [0.5, 0.6) is 0 Å². The van der Waals surface area contributed by atoms with Gasteiger partial charge in [0.1, 0.15) is 0 Å². The van der Waals surface area contributed by atoms with Crippen molar-refractivity contribution in [1.82, 2.24) is 25.3 Å². The van der Waals surface area contributed by atoms with Crippen LogP contribution < -0.4 is 15.5 Å². The highest BCUT2D eigenvalue weighted by Gasteiger charge is 2.34. The molecule has 0 spiro atoms. The molecule has 1 saturated heterocycles. The fourth-order valence-electron chi connectivity index (χ4n) is 4.86. The molecule has 2 aliphatic heterocycles. The summed E-state index contributed by atoms with van der Waals surface area (Å²) in [6, 6.07) is 5.79. The summed E-state index contributed by atoms with van der Waals surface area (Å²) in [5.41, 5.74) is 3.77. The largest absolute Gasteiger partial charge is 0.447 e. The predicted octanol–water partition coefficient (Wildman–Crippen LogP) is 3.20. The molecule has 2 aliphatic rings. The molecule has 35 heavy (non-hydrogen) atoms. The molecule has 2 atom stereocenters.